The molecule has 0 rings (SSSR count). The quantitative estimate of drug-likeness (QED) is 0.320. The van der Waals surface area contributed by atoms with Crippen LogP contribution in [0.5, 0.6) is 0 Å². The monoisotopic (exact) mass is 292 g/mol. The van der Waals surface area contributed by atoms with Gasteiger partial charge in [-0.15, -0.1) is 0 Å². The molecule has 0 unspecified atom stereocenters. The van der Waals surface area contributed by atoms with Gasteiger partial charge in [-0.1, -0.05) is 0 Å². The molecule has 0 fully saturated rings. The van der Waals surface area contributed by atoms with Crippen molar-refractivity contribution in [3.8, 4) is 0 Å². The molecule has 3 N–H and O–H groups in total. The molecular weight excluding hydrogens is 268 g/mol. The van der Waals surface area contributed by atoms with E-state index in [1.54, 1.807) is 0 Å². The summed E-state index contributed by atoms with van der Waals surface area (Å²) in [5.41, 5.74) is 5.25. The van der Waals surface area contributed by atoms with Crippen LogP contribution in [0.15, 0.2) is 0 Å². The first-order chi connectivity index (χ1) is 9.70. The molecule has 0 aromatic carbocycles. The molecule has 0 aliphatic heterocycles. The van der Waals surface area contributed by atoms with Crippen molar-refractivity contribution < 1.29 is 28.5 Å². The zero-order chi connectivity index (χ0) is 15.1. The van der Waals surface area contributed by atoms with Gasteiger partial charge in [0.15, 0.2) is 0 Å². The summed E-state index contributed by atoms with van der Waals surface area (Å²) in [6, 6.07) is 0. The van der Waals surface area contributed by atoms with Crippen LogP contribution in [0, 0.1) is 0 Å². The Bertz CT molecular complexity index is 262. The lowest BCUT2D eigenvalue weighted by atomic mass is 10.4. The number of nitrogens with one attached hydrogen (secondary N) is 1. The van der Waals surface area contributed by atoms with Gasteiger partial charge < -0.3 is 30.0 Å². The maximum absolute atomic E-state index is 11.2. The van der Waals surface area contributed by atoms with Gasteiger partial charge in [0.05, 0.1) is 46.8 Å². The van der Waals surface area contributed by atoms with Crippen LogP contribution in [0.1, 0.15) is 6.42 Å². The summed E-state index contributed by atoms with van der Waals surface area (Å²) in [6.07, 6.45) is 0.191. The molecule has 0 spiro atoms. The third kappa shape index (κ3) is 13.2. The third-order valence-electron chi connectivity index (χ3n) is 2.14. The van der Waals surface area contributed by atoms with Crippen molar-refractivity contribution in [2.24, 2.45) is 5.73 Å². The Morgan fingerprint density at radius 2 is 1.50 bits per heavy atom. The second-order valence-corrected chi connectivity index (χ2v) is 3.73. The predicted molar refractivity (Wildman–Crippen MR) is 71.2 cm³/mol. The van der Waals surface area contributed by atoms with E-state index in [2.05, 4.69) is 10.1 Å². The second-order valence-electron chi connectivity index (χ2n) is 3.73. The lowest BCUT2D eigenvalue weighted by molar-refractivity contribution is -0.141. The van der Waals surface area contributed by atoms with Gasteiger partial charge in [-0.05, 0) is 0 Å². The number of hydrogen-bond donors (Lipinski definition) is 2. The molecule has 0 radical (unpaired) electrons. The van der Waals surface area contributed by atoms with Crippen LogP contribution in [-0.4, -0.2) is 71.7 Å². The fraction of sp³-hybridized carbons (Fsp3) is 0.833. The van der Waals surface area contributed by atoms with Gasteiger partial charge in [0, 0.05) is 13.0 Å². The Kier molecular flexibility index (Phi) is 13.3. The van der Waals surface area contributed by atoms with Crippen LogP contribution in [0.2, 0.25) is 0 Å². The highest BCUT2D eigenvalue weighted by Gasteiger charge is 2.04. The van der Waals surface area contributed by atoms with E-state index >= 15 is 0 Å². The topological polar surface area (TPSA) is 109 Å². The number of carbonyl (C=O) groups is 2. The highest BCUT2D eigenvalue weighted by Crippen LogP contribution is 1.85. The van der Waals surface area contributed by atoms with Crippen molar-refractivity contribution in [2.75, 3.05) is 59.8 Å². The molecule has 0 aromatic heterocycles. The molecule has 0 bridgehead atoms. The van der Waals surface area contributed by atoms with Gasteiger partial charge in [-0.25, -0.2) is 0 Å². The Morgan fingerprint density at radius 1 is 0.950 bits per heavy atom. The first kappa shape index (κ1) is 18.8. The molecule has 0 saturated heterocycles. The SMILES string of the molecule is COC(=O)CNC(=O)CCOCCOCCOCCN. The highest BCUT2D eigenvalue weighted by molar-refractivity contribution is 5.81. The van der Waals surface area contributed by atoms with E-state index in [0.717, 1.165) is 0 Å². The van der Waals surface area contributed by atoms with Crippen molar-refractivity contribution in [1.82, 2.24) is 5.32 Å². The zero-order valence-electron chi connectivity index (χ0n) is 11.9. The van der Waals surface area contributed by atoms with E-state index in [1.807, 2.05) is 0 Å². The average Bonchev–Trinajstić information content (AvgIpc) is 2.46. The van der Waals surface area contributed by atoms with Crippen LogP contribution < -0.4 is 11.1 Å². The van der Waals surface area contributed by atoms with E-state index in [0.29, 0.717) is 39.6 Å². The predicted octanol–water partition coefficient (Wildman–Crippen LogP) is -1.33. The summed E-state index contributed by atoms with van der Waals surface area (Å²) in [7, 11) is 1.26. The van der Waals surface area contributed by atoms with Gasteiger partial charge in [-0.3, -0.25) is 9.59 Å². The Labute approximate surface area is 118 Å². The molecule has 0 saturated carbocycles. The first-order valence-electron chi connectivity index (χ1n) is 6.47. The number of esters is 1. The van der Waals surface area contributed by atoms with Crippen LogP contribution in [0.25, 0.3) is 0 Å². The van der Waals surface area contributed by atoms with Crippen LogP contribution in [-0.2, 0) is 28.5 Å². The molecule has 0 aliphatic rings. The fourth-order valence-corrected chi connectivity index (χ4v) is 1.12. The van der Waals surface area contributed by atoms with Crippen molar-refractivity contribution >= 4 is 11.9 Å². The van der Waals surface area contributed by atoms with E-state index in [1.165, 1.54) is 7.11 Å². The number of methoxy groups -OCH3 is 1. The molecule has 0 heterocycles. The van der Waals surface area contributed by atoms with Gasteiger partial charge in [0.25, 0.3) is 0 Å². The van der Waals surface area contributed by atoms with Gasteiger partial charge in [0.1, 0.15) is 6.54 Å². The van der Waals surface area contributed by atoms with E-state index in [-0.39, 0.29) is 25.5 Å². The number of ether oxygens (including phenoxy) is 4. The van der Waals surface area contributed by atoms with Crippen LogP contribution in [0.3, 0.4) is 0 Å². The molecular formula is C12H24N2O6. The maximum atomic E-state index is 11.2. The summed E-state index contributed by atoms with van der Waals surface area (Å²) in [5.74, 6) is -0.740. The molecule has 118 valence electrons. The molecule has 8 nitrogen and oxygen atoms in total. The number of amides is 1. The van der Waals surface area contributed by atoms with E-state index < -0.39 is 5.97 Å². The first-order valence-corrected chi connectivity index (χ1v) is 6.47. The number of nitrogens with two attached hydrogens (primary N) is 1. The molecule has 0 aromatic rings. The number of hydrogen-bond acceptors (Lipinski definition) is 7. The zero-order valence-corrected chi connectivity index (χ0v) is 11.9. The van der Waals surface area contributed by atoms with Crippen molar-refractivity contribution in [2.45, 2.75) is 6.42 Å². The van der Waals surface area contributed by atoms with Crippen molar-refractivity contribution in [3.63, 3.8) is 0 Å². The van der Waals surface area contributed by atoms with Gasteiger partial charge in [-0.2, -0.15) is 0 Å². The Morgan fingerprint density at radius 3 is 2.05 bits per heavy atom. The Balaban J connectivity index is 3.19. The molecule has 1 amide bonds. The van der Waals surface area contributed by atoms with Gasteiger partial charge >= 0.3 is 5.97 Å². The lowest BCUT2D eigenvalue weighted by Crippen LogP contribution is -2.30. The molecule has 0 aliphatic carbocycles. The number of rotatable bonds is 13. The van der Waals surface area contributed by atoms with E-state index in [4.69, 9.17) is 19.9 Å². The molecule has 0 atom stereocenters. The second kappa shape index (κ2) is 14.2. The average molecular weight is 292 g/mol. The normalized spacial score (nSPS) is 10.3. The smallest absolute Gasteiger partial charge is 0.325 e. The summed E-state index contributed by atoms with van der Waals surface area (Å²) >= 11 is 0. The van der Waals surface area contributed by atoms with Crippen LogP contribution >= 0.6 is 0 Å². The third-order valence-corrected chi connectivity index (χ3v) is 2.14. The van der Waals surface area contributed by atoms with Crippen molar-refractivity contribution in [1.29, 1.82) is 0 Å². The summed E-state index contributed by atoms with van der Waals surface area (Å²) in [5, 5.41) is 2.41. The minimum Gasteiger partial charge on any atom is -0.468 e. The fourth-order valence-electron chi connectivity index (χ4n) is 1.12. The summed E-state index contributed by atoms with van der Waals surface area (Å²) in [6.45, 7) is 3.02. The Hall–Kier alpha value is -1.22. The van der Waals surface area contributed by atoms with Crippen molar-refractivity contribution in [3.05, 3.63) is 0 Å². The molecule has 8 heteroatoms. The lowest BCUT2D eigenvalue weighted by Gasteiger charge is -2.06. The standard InChI is InChI=1S/C12H24N2O6/c1-17-12(16)10-14-11(15)2-4-18-6-8-20-9-7-19-5-3-13/h2-10,13H2,1H3,(H,14,15). The van der Waals surface area contributed by atoms with Crippen LogP contribution in [0.4, 0.5) is 0 Å². The summed E-state index contributed by atoms with van der Waals surface area (Å²) in [4.78, 5) is 22.0. The minimum absolute atomic E-state index is 0.124. The van der Waals surface area contributed by atoms with Gasteiger partial charge in [0.2, 0.25) is 5.91 Å². The number of carbonyl (C=O) groups excluding carboxylic acids is 2. The largest absolute Gasteiger partial charge is 0.468 e. The maximum Gasteiger partial charge on any atom is 0.325 e. The minimum atomic E-state index is -0.482. The molecule has 20 heavy (non-hydrogen) atoms. The highest BCUT2D eigenvalue weighted by atomic mass is 16.5. The summed E-state index contributed by atoms with van der Waals surface area (Å²) < 4.78 is 19.9. The van der Waals surface area contributed by atoms with E-state index in [9.17, 15) is 9.59 Å².